The van der Waals surface area contributed by atoms with Crippen molar-refractivity contribution in [1.82, 2.24) is 9.78 Å². The lowest BCUT2D eigenvalue weighted by atomic mass is 10.1. The van der Waals surface area contributed by atoms with Gasteiger partial charge in [-0.2, -0.15) is 5.10 Å². The van der Waals surface area contributed by atoms with Gasteiger partial charge in [-0.15, -0.1) is 0 Å². The first-order valence-electron chi connectivity index (χ1n) is 4.64. The van der Waals surface area contributed by atoms with E-state index in [9.17, 15) is 0 Å². The molecule has 13 heavy (non-hydrogen) atoms. The molecular weight excluding hydrogens is 164 g/mol. The van der Waals surface area contributed by atoms with Crippen molar-refractivity contribution in [1.29, 1.82) is 0 Å². The minimum absolute atomic E-state index is 0.516. The van der Waals surface area contributed by atoms with Gasteiger partial charge >= 0.3 is 0 Å². The fourth-order valence-corrected chi connectivity index (χ4v) is 1.61. The van der Waals surface area contributed by atoms with E-state index in [1.165, 1.54) is 0 Å². The molecule has 0 amide bonds. The summed E-state index contributed by atoms with van der Waals surface area (Å²) in [4.78, 5) is 0. The van der Waals surface area contributed by atoms with Crippen molar-refractivity contribution in [3.05, 3.63) is 24.5 Å². The predicted molar refractivity (Wildman–Crippen MR) is 51.4 cm³/mol. The van der Waals surface area contributed by atoms with Crippen LogP contribution >= 0.6 is 0 Å². The summed E-state index contributed by atoms with van der Waals surface area (Å²) in [7, 11) is 0. The van der Waals surface area contributed by atoms with Crippen LogP contribution in [-0.2, 0) is 4.74 Å². The number of hydrogen-bond acceptors (Lipinski definition) is 2. The van der Waals surface area contributed by atoms with Gasteiger partial charge < -0.3 is 4.74 Å². The van der Waals surface area contributed by atoms with Crippen molar-refractivity contribution in [2.24, 2.45) is 0 Å². The molecule has 2 heterocycles. The van der Waals surface area contributed by atoms with Crippen molar-refractivity contribution < 1.29 is 4.74 Å². The molecule has 1 fully saturated rings. The van der Waals surface area contributed by atoms with E-state index >= 15 is 0 Å². The Labute approximate surface area is 78.0 Å². The Kier molecular flexibility index (Phi) is 2.45. The topological polar surface area (TPSA) is 27.1 Å². The van der Waals surface area contributed by atoms with Gasteiger partial charge in [-0.1, -0.05) is 12.7 Å². The zero-order valence-corrected chi connectivity index (χ0v) is 7.65. The highest BCUT2D eigenvalue weighted by Crippen LogP contribution is 2.20. The van der Waals surface area contributed by atoms with E-state index in [4.69, 9.17) is 4.74 Å². The summed E-state index contributed by atoms with van der Waals surface area (Å²) in [5.74, 6) is 0. The maximum Gasteiger partial charge on any atom is 0.0563 e. The Morgan fingerprint density at radius 1 is 1.54 bits per heavy atom. The summed E-state index contributed by atoms with van der Waals surface area (Å²) in [6.07, 6.45) is 7.85. The first-order chi connectivity index (χ1) is 6.40. The van der Waals surface area contributed by atoms with Gasteiger partial charge in [-0.3, -0.25) is 4.68 Å². The van der Waals surface area contributed by atoms with Gasteiger partial charge in [0.2, 0.25) is 0 Å². The smallest absolute Gasteiger partial charge is 0.0563 e. The summed E-state index contributed by atoms with van der Waals surface area (Å²) in [5.41, 5.74) is 1.09. The monoisotopic (exact) mass is 178 g/mol. The molecule has 1 saturated heterocycles. The van der Waals surface area contributed by atoms with Crippen LogP contribution in [0.2, 0.25) is 0 Å². The second-order valence-electron chi connectivity index (χ2n) is 3.30. The molecule has 0 N–H and O–H groups in total. The van der Waals surface area contributed by atoms with Crippen LogP contribution in [0.4, 0.5) is 0 Å². The van der Waals surface area contributed by atoms with Crippen LogP contribution in [0.25, 0.3) is 6.08 Å². The molecule has 0 aliphatic carbocycles. The van der Waals surface area contributed by atoms with Crippen molar-refractivity contribution >= 4 is 6.08 Å². The van der Waals surface area contributed by atoms with Crippen molar-refractivity contribution in [2.45, 2.75) is 18.9 Å². The highest BCUT2D eigenvalue weighted by atomic mass is 16.5. The van der Waals surface area contributed by atoms with E-state index in [-0.39, 0.29) is 0 Å². The average molecular weight is 178 g/mol. The number of ether oxygens (including phenoxy) is 1. The molecule has 0 saturated carbocycles. The first kappa shape index (κ1) is 8.51. The predicted octanol–water partition coefficient (Wildman–Crippen LogP) is 1.88. The van der Waals surface area contributed by atoms with E-state index in [1.807, 2.05) is 23.2 Å². The third-order valence-corrected chi connectivity index (χ3v) is 2.42. The van der Waals surface area contributed by atoms with Gasteiger partial charge in [0.05, 0.1) is 12.2 Å². The van der Waals surface area contributed by atoms with Crippen LogP contribution in [0.15, 0.2) is 19.0 Å². The third kappa shape index (κ3) is 1.80. The summed E-state index contributed by atoms with van der Waals surface area (Å²) in [6.45, 7) is 5.42. The summed E-state index contributed by atoms with van der Waals surface area (Å²) >= 11 is 0. The maximum absolute atomic E-state index is 5.29. The maximum atomic E-state index is 5.29. The lowest BCUT2D eigenvalue weighted by Gasteiger charge is -2.22. The molecule has 0 unspecified atom stereocenters. The molecule has 1 aromatic rings. The standard InChI is InChI=1S/C10H14N2O/c1-2-9-7-11-12(8-9)10-3-5-13-6-4-10/h2,7-8,10H,1,3-6H2. The summed E-state index contributed by atoms with van der Waals surface area (Å²) in [5, 5.41) is 4.30. The molecule has 1 aliphatic rings. The van der Waals surface area contributed by atoms with Crippen molar-refractivity contribution in [3.8, 4) is 0 Å². The Balaban J connectivity index is 2.09. The van der Waals surface area contributed by atoms with Crippen LogP contribution in [0.1, 0.15) is 24.4 Å². The lowest BCUT2D eigenvalue weighted by molar-refractivity contribution is 0.0662. The minimum atomic E-state index is 0.516. The molecule has 0 aromatic carbocycles. The molecule has 3 nitrogen and oxygen atoms in total. The molecule has 1 aromatic heterocycles. The molecule has 3 heteroatoms. The zero-order valence-electron chi connectivity index (χ0n) is 7.65. The Bertz CT molecular complexity index is 287. The number of hydrogen-bond donors (Lipinski definition) is 0. The number of rotatable bonds is 2. The molecule has 70 valence electrons. The van der Waals surface area contributed by atoms with E-state index in [0.29, 0.717) is 6.04 Å². The summed E-state index contributed by atoms with van der Waals surface area (Å²) < 4.78 is 7.32. The lowest BCUT2D eigenvalue weighted by Crippen LogP contribution is -2.19. The summed E-state index contributed by atoms with van der Waals surface area (Å²) in [6, 6.07) is 0.516. The van der Waals surface area contributed by atoms with E-state index in [2.05, 4.69) is 11.7 Å². The highest BCUT2D eigenvalue weighted by molar-refractivity contribution is 5.43. The Morgan fingerprint density at radius 2 is 2.31 bits per heavy atom. The highest BCUT2D eigenvalue weighted by Gasteiger charge is 2.15. The van der Waals surface area contributed by atoms with Gasteiger partial charge in [0, 0.05) is 25.0 Å². The van der Waals surface area contributed by atoms with Crippen LogP contribution < -0.4 is 0 Å². The SMILES string of the molecule is C=Cc1cnn(C2CCOCC2)c1. The van der Waals surface area contributed by atoms with E-state index in [0.717, 1.165) is 31.6 Å². The molecule has 2 rings (SSSR count). The Hall–Kier alpha value is -1.09. The second-order valence-corrected chi connectivity index (χ2v) is 3.30. The fraction of sp³-hybridized carbons (Fsp3) is 0.500. The van der Waals surface area contributed by atoms with Gasteiger partial charge in [0.15, 0.2) is 0 Å². The van der Waals surface area contributed by atoms with Crippen LogP contribution in [0, 0.1) is 0 Å². The molecule has 1 aliphatic heterocycles. The van der Waals surface area contributed by atoms with Crippen molar-refractivity contribution in [3.63, 3.8) is 0 Å². The van der Waals surface area contributed by atoms with Crippen LogP contribution in [-0.4, -0.2) is 23.0 Å². The minimum Gasteiger partial charge on any atom is -0.381 e. The van der Waals surface area contributed by atoms with Crippen LogP contribution in [0.5, 0.6) is 0 Å². The quantitative estimate of drug-likeness (QED) is 0.691. The molecule has 0 bridgehead atoms. The molecule has 0 atom stereocenters. The van der Waals surface area contributed by atoms with Gasteiger partial charge in [-0.05, 0) is 12.8 Å². The first-order valence-corrected chi connectivity index (χ1v) is 4.64. The average Bonchev–Trinajstić information content (AvgIpc) is 2.67. The second kappa shape index (κ2) is 3.75. The molecule has 0 radical (unpaired) electrons. The van der Waals surface area contributed by atoms with Gasteiger partial charge in [0.1, 0.15) is 0 Å². The third-order valence-electron chi connectivity index (χ3n) is 2.42. The van der Waals surface area contributed by atoms with Gasteiger partial charge in [0.25, 0.3) is 0 Å². The normalized spacial score (nSPS) is 18.8. The number of aromatic nitrogens is 2. The Morgan fingerprint density at radius 3 is 2.92 bits per heavy atom. The molecule has 0 spiro atoms. The molecular formula is C10H14N2O. The fourth-order valence-electron chi connectivity index (χ4n) is 1.61. The van der Waals surface area contributed by atoms with Crippen molar-refractivity contribution in [2.75, 3.05) is 13.2 Å². The van der Waals surface area contributed by atoms with E-state index in [1.54, 1.807) is 0 Å². The number of nitrogens with zero attached hydrogens (tertiary/aromatic N) is 2. The largest absolute Gasteiger partial charge is 0.381 e. The van der Waals surface area contributed by atoms with E-state index < -0.39 is 0 Å². The van der Waals surface area contributed by atoms with Gasteiger partial charge in [-0.25, -0.2) is 0 Å². The van der Waals surface area contributed by atoms with Crippen LogP contribution in [0.3, 0.4) is 0 Å². The zero-order chi connectivity index (χ0) is 9.10.